The molecule has 3 atom stereocenters. The first-order chi connectivity index (χ1) is 10.1. The molecule has 5 nitrogen and oxygen atoms in total. The van der Waals surface area contributed by atoms with E-state index in [4.69, 9.17) is 0 Å². The van der Waals surface area contributed by atoms with Crippen LogP contribution in [0.4, 0.5) is 4.79 Å². The van der Waals surface area contributed by atoms with Gasteiger partial charge in [0.15, 0.2) is 0 Å². The van der Waals surface area contributed by atoms with Crippen LogP contribution in [0.15, 0.2) is 0 Å². The minimum atomic E-state index is -0.877. The maximum atomic E-state index is 12.3. The van der Waals surface area contributed by atoms with Gasteiger partial charge in [-0.1, -0.05) is 32.6 Å². The van der Waals surface area contributed by atoms with Crippen molar-refractivity contribution in [1.29, 1.82) is 0 Å². The highest BCUT2D eigenvalue weighted by molar-refractivity contribution is 5.82. The molecule has 0 aromatic rings. The number of hydrogen-bond donors (Lipinski definition) is 2. The number of likely N-dealkylation sites (tertiary alicyclic amines) is 1. The minimum Gasteiger partial charge on any atom is -0.480 e. The standard InChI is InChI=1S/C16H28N2O3/c1-12-6-5-7-13(10-12)11-17-16(21)18-9-4-2-3-8-14(18)15(19)20/h12-14H,2-11H2,1H3,(H,17,21)(H,19,20). The molecule has 1 saturated carbocycles. The summed E-state index contributed by atoms with van der Waals surface area (Å²) in [6.07, 6.45) is 8.24. The van der Waals surface area contributed by atoms with Gasteiger partial charge in [0.2, 0.25) is 0 Å². The van der Waals surface area contributed by atoms with E-state index in [9.17, 15) is 14.7 Å². The minimum absolute atomic E-state index is 0.192. The van der Waals surface area contributed by atoms with Crippen LogP contribution in [0.25, 0.3) is 0 Å². The molecular weight excluding hydrogens is 268 g/mol. The summed E-state index contributed by atoms with van der Waals surface area (Å²) in [5.41, 5.74) is 0. The lowest BCUT2D eigenvalue weighted by Gasteiger charge is -2.30. The van der Waals surface area contributed by atoms with Gasteiger partial charge in [0.05, 0.1) is 0 Å². The Morgan fingerprint density at radius 3 is 2.67 bits per heavy atom. The highest BCUT2D eigenvalue weighted by Gasteiger charge is 2.31. The van der Waals surface area contributed by atoms with Crippen LogP contribution in [0.1, 0.15) is 58.3 Å². The molecular formula is C16H28N2O3. The third-order valence-electron chi connectivity index (χ3n) is 4.89. The van der Waals surface area contributed by atoms with E-state index < -0.39 is 12.0 Å². The molecule has 0 aromatic heterocycles. The van der Waals surface area contributed by atoms with Crippen LogP contribution in [0.3, 0.4) is 0 Å². The Morgan fingerprint density at radius 1 is 1.14 bits per heavy atom. The van der Waals surface area contributed by atoms with Crippen LogP contribution < -0.4 is 5.32 Å². The molecule has 2 aliphatic rings. The Bertz CT molecular complexity index is 373. The zero-order valence-electron chi connectivity index (χ0n) is 13.0. The molecule has 120 valence electrons. The Balaban J connectivity index is 1.86. The molecule has 1 aliphatic heterocycles. The summed E-state index contributed by atoms with van der Waals surface area (Å²) < 4.78 is 0. The van der Waals surface area contributed by atoms with Crippen molar-refractivity contribution in [2.24, 2.45) is 11.8 Å². The van der Waals surface area contributed by atoms with Gasteiger partial charge >= 0.3 is 12.0 Å². The summed E-state index contributed by atoms with van der Waals surface area (Å²) in [6, 6.07) is -0.847. The van der Waals surface area contributed by atoms with Gasteiger partial charge in [-0.3, -0.25) is 0 Å². The number of hydrogen-bond acceptors (Lipinski definition) is 2. The van der Waals surface area contributed by atoms with E-state index in [0.29, 0.717) is 25.4 Å². The molecule has 1 aliphatic carbocycles. The first kappa shape index (κ1) is 16.1. The van der Waals surface area contributed by atoms with Crippen molar-refractivity contribution in [2.45, 2.75) is 64.3 Å². The van der Waals surface area contributed by atoms with E-state index >= 15 is 0 Å². The first-order valence-corrected chi connectivity index (χ1v) is 8.35. The molecule has 2 rings (SSSR count). The smallest absolute Gasteiger partial charge is 0.326 e. The fourth-order valence-electron chi connectivity index (χ4n) is 3.69. The number of carbonyl (C=O) groups excluding carboxylic acids is 1. The highest BCUT2D eigenvalue weighted by atomic mass is 16.4. The van der Waals surface area contributed by atoms with Crippen molar-refractivity contribution in [3.05, 3.63) is 0 Å². The zero-order chi connectivity index (χ0) is 15.2. The number of carboxylic acids is 1. The predicted octanol–water partition coefficient (Wildman–Crippen LogP) is 2.85. The van der Waals surface area contributed by atoms with E-state index in [1.807, 2.05) is 0 Å². The van der Waals surface area contributed by atoms with Gasteiger partial charge in [-0.2, -0.15) is 0 Å². The third kappa shape index (κ3) is 4.61. The fraction of sp³-hybridized carbons (Fsp3) is 0.875. The van der Waals surface area contributed by atoms with E-state index in [-0.39, 0.29) is 6.03 Å². The van der Waals surface area contributed by atoms with Crippen LogP contribution in [0, 0.1) is 11.8 Å². The van der Waals surface area contributed by atoms with Gasteiger partial charge in [-0.25, -0.2) is 9.59 Å². The van der Waals surface area contributed by atoms with Crippen LogP contribution in [-0.4, -0.2) is 41.1 Å². The van der Waals surface area contributed by atoms with Crippen molar-refractivity contribution in [1.82, 2.24) is 10.2 Å². The lowest BCUT2D eigenvalue weighted by Crippen LogP contribution is -2.50. The summed E-state index contributed by atoms with van der Waals surface area (Å²) in [4.78, 5) is 25.2. The number of nitrogens with zero attached hydrogens (tertiary/aromatic N) is 1. The Kier molecular flexibility index (Phi) is 5.88. The topological polar surface area (TPSA) is 69.6 Å². The van der Waals surface area contributed by atoms with E-state index in [0.717, 1.165) is 25.2 Å². The maximum Gasteiger partial charge on any atom is 0.326 e. The Morgan fingerprint density at radius 2 is 1.95 bits per heavy atom. The SMILES string of the molecule is CC1CCCC(CNC(=O)N2CCCCCC2C(=O)O)C1. The van der Waals surface area contributed by atoms with Gasteiger partial charge in [0.25, 0.3) is 0 Å². The van der Waals surface area contributed by atoms with Gasteiger partial charge in [0.1, 0.15) is 6.04 Å². The Labute approximate surface area is 127 Å². The molecule has 2 fully saturated rings. The number of carbonyl (C=O) groups is 2. The zero-order valence-corrected chi connectivity index (χ0v) is 13.0. The van der Waals surface area contributed by atoms with Crippen LogP contribution >= 0.6 is 0 Å². The lowest BCUT2D eigenvalue weighted by atomic mass is 9.82. The summed E-state index contributed by atoms with van der Waals surface area (Å²) in [6.45, 7) is 3.51. The van der Waals surface area contributed by atoms with Crippen molar-refractivity contribution < 1.29 is 14.7 Å². The van der Waals surface area contributed by atoms with E-state index in [1.54, 1.807) is 0 Å². The van der Waals surface area contributed by atoms with Gasteiger partial charge < -0.3 is 15.3 Å². The molecule has 3 unspecified atom stereocenters. The highest BCUT2D eigenvalue weighted by Crippen LogP contribution is 2.28. The molecule has 5 heteroatoms. The largest absolute Gasteiger partial charge is 0.480 e. The molecule has 1 heterocycles. The Hall–Kier alpha value is -1.26. The van der Waals surface area contributed by atoms with E-state index in [2.05, 4.69) is 12.2 Å². The van der Waals surface area contributed by atoms with Crippen molar-refractivity contribution in [3.8, 4) is 0 Å². The second-order valence-corrected chi connectivity index (χ2v) is 6.72. The molecule has 1 saturated heterocycles. The van der Waals surface area contributed by atoms with Gasteiger partial charge in [0, 0.05) is 13.1 Å². The first-order valence-electron chi connectivity index (χ1n) is 8.35. The quantitative estimate of drug-likeness (QED) is 0.841. The molecule has 21 heavy (non-hydrogen) atoms. The summed E-state index contributed by atoms with van der Waals surface area (Å²) >= 11 is 0. The molecule has 2 N–H and O–H groups in total. The molecule has 0 spiro atoms. The second-order valence-electron chi connectivity index (χ2n) is 6.72. The summed E-state index contributed by atoms with van der Waals surface area (Å²) in [7, 11) is 0. The monoisotopic (exact) mass is 296 g/mol. The van der Waals surface area contributed by atoms with Crippen LogP contribution in [-0.2, 0) is 4.79 Å². The van der Waals surface area contributed by atoms with Crippen LogP contribution in [0.2, 0.25) is 0 Å². The maximum absolute atomic E-state index is 12.3. The normalized spacial score (nSPS) is 30.5. The molecule has 0 radical (unpaired) electrons. The third-order valence-corrected chi connectivity index (χ3v) is 4.89. The summed E-state index contributed by atoms with van der Waals surface area (Å²) in [5, 5.41) is 12.3. The predicted molar refractivity (Wildman–Crippen MR) is 81.1 cm³/mol. The summed E-state index contributed by atoms with van der Waals surface area (Å²) in [5.74, 6) is 0.414. The number of aliphatic carboxylic acids is 1. The molecule has 0 bridgehead atoms. The average molecular weight is 296 g/mol. The van der Waals surface area contributed by atoms with Crippen LogP contribution in [0.5, 0.6) is 0 Å². The van der Waals surface area contributed by atoms with Gasteiger partial charge in [-0.05, 0) is 37.5 Å². The molecule has 0 aromatic carbocycles. The number of urea groups is 1. The lowest BCUT2D eigenvalue weighted by molar-refractivity contribution is -0.142. The fourth-order valence-corrected chi connectivity index (χ4v) is 3.69. The second kappa shape index (κ2) is 7.66. The van der Waals surface area contributed by atoms with Crippen molar-refractivity contribution in [2.75, 3.05) is 13.1 Å². The number of rotatable bonds is 3. The van der Waals surface area contributed by atoms with Gasteiger partial charge in [-0.15, -0.1) is 0 Å². The van der Waals surface area contributed by atoms with Crippen molar-refractivity contribution in [3.63, 3.8) is 0 Å². The average Bonchev–Trinajstić information content (AvgIpc) is 2.70. The van der Waals surface area contributed by atoms with E-state index in [1.165, 1.54) is 30.6 Å². The number of amides is 2. The number of nitrogens with one attached hydrogen (secondary N) is 1. The molecule has 2 amide bonds. The van der Waals surface area contributed by atoms with Crippen molar-refractivity contribution >= 4 is 12.0 Å². The number of carboxylic acid groups (broad SMARTS) is 1.